The maximum atomic E-state index is 12.5. The fourth-order valence-corrected chi connectivity index (χ4v) is 1.81. The Morgan fingerprint density at radius 2 is 2.12 bits per heavy atom. The van der Waals surface area contributed by atoms with Crippen LogP contribution in [0.3, 0.4) is 0 Å². The molecule has 0 spiro atoms. The summed E-state index contributed by atoms with van der Waals surface area (Å²) in [6, 6.07) is 2.05. The van der Waals surface area contributed by atoms with Crippen LogP contribution in [-0.2, 0) is 6.18 Å². The van der Waals surface area contributed by atoms with Gasteiger partial charge in [-0.15, -0.1) is 0 Å². The van der Waals surface area contributed by atoms with Gasteiger partial charge >= 0.3 is 6.18 Å². The number of halogens is 3. The lowest BCUT2D eigenvalue weighted by Crippen LogP contribution is -2.15. The number of rotatable bonds is 4. The van der Waals surface area contributed by atoms with Crippen molar-refractivity contribution >= 4 is 5.82 Å². The van der Waals surface area contributed by atoms with Gasteiger partial charge in [0.15, 0.2) is 0 Å². The lowest BCUT2D eigenvalue weighted by atomic mass is 10.0. The van der Waals surface area contributed by atoms with Crippen molar-refractivity contribution in [3.63, 3.8) is 0 Å². The fraction of sp³-hybridized carbons (Fsp3) is 0.583. The molecule has 2 rings (SSSR count). The molecule has 0 bridgehead atoms. The van der Waals surface area contributed by atoms with E-state index in [2.05, 4.69) is 17.2 Å². The van der Waals surface area contributed by atoms with Crippen molar-refractivity contribution in [1.29, 1.82) is 0 Å². The number of hydrogen-bond donors (Lipinski definition) is 1. The van der Waals surface area contributed by atoms with E-state index in [0.717, 1.165) is 31.4 Å². The first-order valence-electron chi connectivity index (χ1n) is 5.72. The van der Waals surface area contributed by atoms with Crippen LogP contribution in [0.1, 0.15) is 31.7 Å². The average Bonchev–Trinajstić information content (AvgIpc) is 3.06. The molecule has 0 aliphatic heterocycles. The number of nitrogens with one attached hydrogen (secondary N) is 1. The smallest absolute Gasteiger partial charge is 0.370 e. The molecule has 1 fully saturated rings. The molecule has 1 aliphatic carbocycles. The van der Waals surface area contributed by atoms with Gasteiger partial charge in [-0.2, -0.15) is 13.2 Å². The van der Waals surface area contributed by atoms with Gasteiger partial charge in [0.25, 0.3) is 0 Å². The number of hydrogen-bond acceptors (Lipinski definition) is 2. The summed E-state index contributed by atoms with van der Waals surface area (Å²) < 4.78 is 37.4. The zero-order valence-electron chi connectivity index (χ0n) is 9.64. The van der Waals surface area contributed by atoms with Gasteiger partial charge in [0, 0.05) is 12.7 Å². The van der Waals surface area contributed by atoms with E-state index < -0.39 is 11.7 Å². The highest BCUT2D eigenvalue weighted by Gasteiger charge is 2.40. The summed E-state index contributed by atoms with van der Waals surface area (Å²) in [4.78, 5) is 3.91. The number of anilines is 1. The second kappa shape index (κ2) is 4.20. The van der Waals surface area contributed by atoms with E-state index in [9.17, 15) is 13.2 Å². The first kappa shape index (κ1) is 12.2. The maximum absolute atomic E-state index is 12.5. The van der Waals surface area contributed by atoms with Gasteiger partial charge in [0.2, 0.25) is 0 Å². The molecule has 1 N–H and O–H groups in total. The van der Waals surface area contributed by atoms with Gasteiger partial charge in [-0.05, 0) is 36.8 Å². The molecule has 0 radical (unpaired) electrons. The monoisotopic (exact) mass is 244 g/mol. The Morgan fingerprint density at radius 1 is 1.41 bits per heavy atom. The highest BCUT2D eigenvalue weighted by atomic mass is 19.4. The molecule has 1 aromatic heterocycles. The molecule has 1 saturated carbocycles. The number of aromatic nitrogens is 1. The second-order valence-corrected chi connectivity index (χ2v) is 4.63. The van der Waals surface area contributed by atoms with Crippen molar-refractivity contribution in [3.8, 4) is 0 Å². The second-order valence-electron chi connectivity index (χ2n) is 4.63. The first-order valence-corrected chi connectivity index (χ1v) is 5.72. The predicted octanol–water partition coefficient (Wildman–Crippen LogP) is 3.70. The van der Waals surface area contributed by atoms with E-state index in [1.54, 1.807) is 0 Å². The molecule has 1 aliphatic rings. The van der Waals surface area contributed by atoms with Gasteiger partial charge < -0.3 is 5.32 Å². The van der Waals surface area contributed by atoms with Crippen molar-refractivity contribution in [1.82, 2.24) is 4.98 Å². The Balaban J connectivity index is 2.02. The van der Waals surface area contributed by atoms with Gasteiger partial charge in [-0.1, -0.05) is 6.92 Å². The minimum absolute atomic E-state index is 0.288. The topological polar surface area (TPSA) is 24.9 Å². The van der Waals surface area contributed by atoms with Gasteiger partial charge in [0.05, 0.1) is 5.56 Å². The SMILES string of the molecule is CCC1(CNc2cc(C(F)(F)F)ccn2)CC1. The van der Waals surface area contributed by atoms with Crippen LogP contribution in [0.15, 0.2) is 18.3 Å². The summed E-state index contributed by atoms with van der Waals surface area (Å²) in [6.45, 7) is 2.81. The molecular formula is C12H15F3N2. The average molecular weight is 244 g/mol. The van der Waals surface area contributed by atoms with Crippen molar-refractivity contribution in [2.24, 2.45) is 5.41 Å². The third-order valence-electron chi connectivity index (χ3n) is 3.44. The van der Waals surface area contributed by atoms with E-state index >= 15 is 0 Å². The van der Waals surface area contributed by atoms with E-state index in [0.29, 0.717) is 12.4 Å². The molecule has 1 heterocycles. The van der Waals surface area contributed by atoms with Crippen molar-refractivity contribution in [3.05, 3.63) is 23.9 Å². The fourth-order valence-electron chi connectivity index (χ4n) is 1.81. The summed E-state index contributed by atoms with van der Waals surface area (Å²) in [5.74, 6) is 0.305. The van der Waals surface area contributed by atoms with Crippen LogP contribution in [0.5, 0.6) is 0 Å². The molecular weight excluding hydrogens is 229 g/mol. The minimum atomic E-state index is -4.30. The largest absolute Gasteiger partial charge is 0.416 e. The van der Waals surface area contributed by atoms with Crippen LogP contribution in [-0.4, -0.2) is 11.5 Å². The predicted molar refractivity (Wildman–Crippen MR) is 59.7 cm³/mol. The minimum Gasteiger partial charge on any atom is -0.370 e. The Bertz CT molecular complexity index is 397. The molecule has 94 valence electrons. The molecule has 0 unspecified atom stereocenters. The Hall–Kier alpha value is -1.26. The van der Waals surface area contributed by atoms with Crippen LogP contribution in [0.25, 0.3) is 0 Å². The third-order valence-corrected chi connectivity index (χ3v) is 3.44. The lowest BCUT2D eigenvalue weighted by Gasteiger charge is -2.14. The van der Waals surface area contributed by atoms with Gasteiger partial charge in [-0.3, -0.25) is 0 Å². The standard InChI is InChI=1S/C12H15F3N2/c1-2-11(4-5-11)8-17-10-7-9(3-6-16-10)12(13,14)15/h3,6-7H,2,4-5,8H2,1H3,(H,16,17). The summed E-state index contributed by atoms with van der Waals surface area (Å²) in [5, 5.41) is 3.00. The van der Waals surface area contributed by atoms with Crippen LogP contribution in [0.4, 0.5) is 19.0 Å². The lowest BCUT2D eigenvalue weighted by molar-refractivity contribution is -0.137. The van der Waals surface area contributed by atoms with Crippen molar-refractivity contribution < 1.29 is 13.2 Å². The Kier molecular flexibility index (Phi) is 3.02. The van der Waals surface area contributed by atoms with Gasteiger partial charge in [0.1, 0.15) is 5.82 Å². The summed E-state index contributed by atoms with van der Waals surface area (Å²) >= 11 is 0. The highest BCUT2D eigenvalue weighted by molar-refractivity contribution is 5.39. The molecule has 0 atom stereocenters. The van der Waals surface area contributed by atoms with Crippen molar-refractivity contribution in [2.75, 3.05) is 11.9 Å². The number of alkyl halides is 3. The maximum Gasteiger partial charge on any atom is 0.416 e. The van der Waals surface area contributed by atoms with Gasteiger partial charge in [-0.25, -0.2) is 4.98 Å². The molecule has 0 amide bonds. The third kappa shape index (κ3) is 2.90. The Labute approximate surface area is 98.2 Å². The zero-order chi connectivity index (χ0) is 12.5. The quantitative estimate of drug-likeness (QED) is 0.873. The molecule has 1 aromatic rings. The summed E-state index contributed by atoms with van der Waals surface area (Å²) in [6.07, 6.45) is 0.238. The van der Waals surface area contributed by atoms with Crippen LogP contribution >= 0.6 is 0 Å². The van der Waals surface area contributed by atoms with E-state index in [-0.39, 0.29) is 5.41 Å². The van der Waals surface area contributed by atoms with E-state index in [1.807, 2.05) is 0 Å². The number of pyridine rings is 1. The highest BCUT2D eigenvalue weighted by Crippen LogP contribution is 2.48. The van der Waals surface area contributed by atoms with Crippen LogP contribution in [0.2, 0.25) is 0 Å². The van der Waals surface area contributed by atoms with Crippen LogP contribution in [0, 0.1) is 5.41 Å². The normalized spacial score (nSPS) is 17.9. The molecule has 0 aromatic carbocycles. The Morgan fingerprint density at radius 3 is 2.65 bits per heavy atom. The summed E-state index contributed by atoms with van der Waals surface area (Å²) in [5.41, 5.74) is -0.369. The van der Waals surface area contributed by atoms with E-state index in [1.165, 1.54) is 6.20 Å². The zero-order valence-corrected chi connectivity index (χ0v) is 9.64. The first-order chi connectivity index (χ1) is 7.95. The molecule has 2 nitrogen and oxygen atoms in total. The van der Waals surface area contributed by atoms with E-state index in [4.69, 9.17) is 0 Å². The van der Waals surface area contributed by atoms with Crippen molar-refractivity contribution in [2.45, 2.75) is 32.4 Å². The summed E-state index contributed by atoms with van der Waals surface area (Å²) in [7, 11) is 0. The van der Waals surface area contributed by atoms with Crippen LogP contribution < -0.4 is 5.32 Å². The molecule has 17 heavy (non-hydrogen) atoms. The molecule has 5 heteroatoms. The molecule has 0 saturated heterocycles. The number of nitrogens with zero attached hydrogens (tertiary/aromatic N) is 1.